The molecule has 0 aliphatic carbocycles. The first-order valence-corrected chi connectivity index (χ1v) is 11.1. The second-order valence-electron chi connectivity index (χ2n) is 8.35. The van der Waals surface area contributed by atoms with E-state index in [1.54, 1.807) is 0 Å². The Morgan fingerprint density at radius 3 is 2.43 bits per heavy atom. The van der Waals surface area contributed by atoms with Crippen LogP contribution >= 0.6 is 0 Å². The van der Waals surface area contributed by atoms with Crippen molar-refractivity contribution in [3.8, 4) is 0 Å². The number of rotatable bonds is 7. The van der Waals surface area contributed by atoms with Crippen molar-refractivity contribution in [3.63, 3.8) is 0 Å². The zero-order valence-electron chi connectivity index (χ0n) is 17.0. The molecule has 0 spiro atoms. The smallest absolute Gasteiger partial charge is 0.0945 e. The Labute approximate surface area is 169 Å². The van der Waals surface area contributed by atoms with Crippen molar-refractivity contribution >= 4 is 6.08 Å². The molecule has 2 aliphatic heterocycles. The first kappa shape index (κ1) is 19.4. The van der Waals surface area contributed by atoms with Crippen molar-refractivity contribution in [3.05, 3.63) is 60.7 Å². The van der Waals surface area contributed by atoms with E-state index in [1.807, 2.05) is 12.5 Å². The third-order valence-electron chi connectivity index (χ3n) is 6.40. The van der Waals surface area contributed by atoms with Crippen LogP contribution in [0.5, 0.6) is 0 Å². The molecule has 4 rings (SSSR count). The first-order chi connectivity index (χ1) is 13.9. The van der Waals surface area contributed by atoms with Crippen molar-refractivity contribution in [2.24, 2.45) is 5.92 Å². The van der Waals surface area contributed by atoms with Gasteiger partial charge < -0.3 is 4.57 Å². The maximum absolute atomic E-state index is 4.16. The van der Waals surface area contributed by atoms with Gasteiger partial charge in [-0.15, -0.1) is 0 Å². The van der Waals surface area contributed by atoms with Gasteiger partial charge in [-0.05, 0) is 56.7 Å². The summed E-state index contributed by atoms with van der Waals surface area (Å²) in [5, 5.41) is 0. The molecule has 1 atom stereocenters. The van der Waals surface area contributed by atoms with Crippen LogP contribution in [0.1, 0.15) is 44.1 Å². The van der Waals surface area contributed by atoms with Crippen LogP contribution in [-0.2, 0) is 6.54 Å². The standard InChI is InChI=1S/C24H34N4/c1-3-7-22(8-4-1)9-10-24(27-15-5-2-6-16-27)28-18-12-23(13-19-28)11-17-26-20-14-25-21-26/h1,3-4,7-10,14,20-21,23-24H,2,5-6,11-13,15-19H2. The van der Waals surface area contributed by atoms with Crippen LogP contribution in [-0.4, -0.2) is 51.7 Å². The number of hydrogen-bond donors (Lipinski definition) is 0. The average molecular weight is 379 g/mol. The fraction of sp³-hybridized carbons (Fsp3) is 0.542. The van der Waals surface area contributed by atoms with Crippen LogP contribution in [0.25, 0.3) is 6.08 Å². The van der Waals surface area contributed by atoms with Crippen molar-refractivity contribution in [2.75, 3.05) is 26.2 Å². The summed E-state index contributed by atoms with van der Waals surface area (Å²) in [4.78, 5) is 9.58. The molecule has 0 N–H and O–H groups in total. The minimum atomic E-state index is 0.454. The quantitative estimate of drug-likeness (QED) is 0.708. The molecule has 0 bridgehead atoms. The molecule has 4 heteroatoms. The zero-order valence-corrected chi connectivity index (χ0v) is 17.0. The van der Waals surface area contributed by atoms with Gasteiger partial charge in [0.2, 0.25) is 0 Å². The zero-order chi connectivity index (χ0) is 19.0. The van der Waals surface area contributed by atoms with E-state index in [9.17, 15) is 0 Å². The Balaban J connectivity index is 1.35. The summed E-state index contributed by atoms with van der Waals surface area (Å²) in [6, 6.07) is 10.7. The van der Waals surface area contributed by atoms with Gasteiger partial charge in [0.05, 0.1) is 12.5 Å². The Morgan fingerprint density at radius 1 is 0.964 bits per heavy atom. The molecule has 2 aromatic rings. The molecule has 3 heterocycles. The Kier molecular flexibility index (Phi) is 6.96. The van der Waals surface area contributed by atoms with Crippen LogP contribution in [0.15, 0.2) is 55.1 Å². The SMILES string of the molecule is C(=CC(N1CCCCC1)N1CCC(CCn2ccnc2)CC1)c1ccccc1. The fourth-order valence-electron chi connectivity index (χ4n) is 4.68. The molecule has 2 saturated heterocycles. The van der Waals surface area contributed by atoms with Crippen molar-refractivity contribution in [1.82, 2.24) is 19.4 Å². The monoisotopic (exact) mass is 378 g/mol. The highest BCUT2D eigenvalue weighted by atomic mass is 15.4. The molecule has 1 unspecified atom stereocenters. The Hall–Kier alpha value is -1.91. The van der Waals surface area contributed by atoms with Gasteiger partial charge in [0.25, 0.3) is 0 Å². The van der Waals surface area contributed by atoms with Crippen LogP contribution in [0.2, 0.25) is 0 Å². The van der Waals surface area contributed by atoms with E-state index in [1.165, 1.54) is 70.3 Å². The number of likely N-dealkylation sites (tertiary alicyclic amines) is 2. The van der Waals surface area contributed by atoms with Gasteiger partial charge in [-0.25, -0.2) is 4.98 Å². The largest absolute Gasteiger partial charge is 0.337 e. The molecule has 1 aromatic carbocycles. The number of benzene rings is 1. The van der Waals surface area contributed by atoms with Crippen LogP contribution in [0.4, 0.5) is 0 Å². The second-order valence-corrected chi connectivity index (χ2v) is 8.35. The molecule has 0 radical (unpaired) electrons. The maximum atomic E-state index is 4.16. The minimum absolute atomic E-state index is 0.454. The van der Waals surface area contributed by atoms with Crippen molar-refractivity contribution in [1.29, 1.82) is 0 Å². The van der Waals surface area contributed by atoms with E-state index in [0.29, 0.717) is 6.17 Å². The Morgan fingerprint density at radius 2 is 1.71 bits per heavy atom. The predicted molar refractivity (Wildman–Crippen MR) is 116 cm³/mol. The topological polar surface area (TPSA) is 24.3 Å². The predicted octanol–water partition coefficient (Wildman–Crippen LogP) is 4.51. The summed E-state index contributed by atoms with van der Waals surface area (Å²) in [5.74, 6) is 0.846. The van der Waals surface area contributed by atoms with Gasteiger partial charge in [0.1, 0.15) is 0 Å². The lowest BCUT2D eigenvalue weighted by Crippen LogP contribution is -2.51. The van der Waals surface area contributed by atoms with Gasteiger partial charge in [-0.1, -0.05) is 48.9 Å². The molecule has 1 aromatic heterocycles. The average Bonchev–Trinajstić information content (AvgIpc) is 3.28. The second kappa shape index (κ2) is 10.0. The molecular weight excluding hydrogens is 344 g/mol. The number of aromatic nitrogens is 2. The summed E-state index contributed by atoms with van der Waals surface area (Å²) in [5.41, 5.74) is 1.31. The van der Waals surface area contributed by atoms with E-state index >= 15 is 0 Å². The lowest BCUT2D eigenvalue weighted by atomic mass is 9.93. The van der Waals surface area contributed by atoms with E-state index < -0.39 is 0 Å². The summed E-state index contributed by atoms with van der Waals surface area (Å²) in [7, 11) is 0. The van der Waals surface area contributed by atoms with Gasteiger partial charge in [-0.3, -0.25) is 9.80 Å². The molecule has 2 fully saturated rings. The number of nitrogens with zero attached hydrogens (tertiary/aromatic N) is 4. The normalized spacial score (nSPS) is 21.3. The lowest BCUT2D eigenvalue weighted by molar-refractivity contribution is 0.0352. The van der Waals surface area contributed by atoms with Gasteiger partial charge in [-0.2, -0.15) is 0 Å². The summed E-state index contributed by atoms with van der Waals surface area (Å²) >= 11 is 0. The summed E-state index contributed by atoms with van der Waals surface area (Å²) in [6.45, 7) is 6.02. The van der Waals surface area contributed by atoms with E-state index in [2.05, 4.69) is 68.0 Å². The number of hydrogen-bond acceptors (Lipinski definition) is 3. The Bertz CT molecular complexity index is 695. The van der Waals surface area contributed by atoms with Crippen LogP contribution in [0.3, 0.4) is 0 Å². The molecule has 0 amide bonds. The molecule has 150 valence electrons. The van der Waals surface area contributed by atoms with Crippen LogP contribution in [0, 0.1) is 5.92 Å². The third kappa shape index (κ3) is 5.33. The van der Waals surface area contributed by atoms with Gasteiger partial charge in [0, 0.05) is 32.0 Å². The molecule has 2 aliphatic rings. The number of aryl methyl sites for hydroxylation is 1. The van der Waals surface area contributed by atoms with Crippen LogP contribution < -0.4 is 0 Å². The summed E-state index contributed by atoms with van der Waals surface area (Å²) < 4.78 is 2.21. The minimum Gasteiger partial charge on any atom is -0.337 e. The molecule has 28 heavy (non-hydrogen) atoms. The highest BCUT2D eigenvalue weighted by Crippen LogP contribution is 2.25. The van der Waals surface area contributed by atoms with Crippen molar-refractivity contribution in [2.45, 2.75) is 51.2 Å². The molecule has 4 nitrogen and oxygen atoms in total. The number of piperidine rings is 2. The third-order valence-corrected chi connectivity index (χ3v) is 6.40. The highest BCUT2D eigenvalue weighted by molar-refractivity contribution is 5.49. The van der Waals surface area contributed by atoms with Gasteiger partial charge in [0.15, 0.2) is 0 Å². The molecular formula is C24H34N4. The van der Waals surface area contributed by atoms with Crippen molar-refractivity contribution < 1.29 is 0 Å². The lowest BCUT2D eigenvalue weighted by Gasteiger charge is -2.43. The first-order valence-electron chi connectivity index (χ1n) is 11.1. The van der Waals surface area contributed by atoms with E-state index in [-0.39, 0.29) is 0 Å². The number of imidazole rings is 1. The van der Waals surface area contributed by atoms with Gasteiger partial charge >= 0.3 is 0 Å². The summed E-state index contributed by atoms with van der Waals surface area (Å²) in [6.07, 6.45) is 19.1. The fourth-order valence-corrected chi connectivity index (χ4v) is 4.68. The van der Waals surface area contributed by atoms with E-state index in [0.717, 1.165) is 12.5 Å². The van der Waals surface area contributed by atoms with E-state index in [4.69, 9.17) is 0 Å². The highest BCUT2D eigenvalue weighted by Gasteiger charge is 2.28. The molecule has 0 saturated carbocycles. The maximum Gasteiger partial charge on any atom is 0.0945 e.